The number of nitrogens with two attached hydrogens (primary N) is 1. The summed E-state index contributed by atoms with van der Waals surface area (Å²) in [5.74, 6) is 0.706. The van der Waals surface area contributed by atoms with E-state index in [2.05, 4.69) is 17.6 Å². The molecule has 88 valence electrons. The van der Waals surface area contributed by atoms with Gasteiger partial charge in [0.05, 0.1) is 6.04 Å². The predicted molar refractivity (Wildman–Crippen MR) is 61.4 cm³/mol. The van der Waals surface area contributed by atoms with Gasteiger partial charge in [-0.15, -0.1) is 0 Å². The highest BCUT2D eigenvalue weighted by Gasteiger charge is 2.25. The van der Waals surface area contributed by atoms with Crippen LogP contribution in [-0.2, 0) is 4.79 Å². The van der Waals surface area contributed by atoms with Crippen LogP contribution in [0.1, 0.15) is 27.2 Å². The van der Waals surface area contributed by atoms with Gasteiger partial charge in [-0.2, -0.15) is 0 Å². The first kappa shape index (κ1) is 12.5. The molecule has 4 nitrogen and oxygen atoms in total. The molecule has 1 rings (SSSR count). The first-order chi connectivity index (χ1) is 7.02. The van der Waals surface area contributed by atoms with Crippen molar-refractivity contribution in [1.82, 2.24) is 10.6 Å². The molecule has 1 aliphatic heterocycles. The van der Waals surface area contributed by atoms with Gasteiger partial charge in [-0.05, 0) is 24.8 Å². The maximum absolute atomic E-state index is 11.7. The molecule has 3 unspecified atom stereocenters. The minimum atomic E-state index is -0.390. The molecule has 4 heteroatoms. The smallest absolute Gasteiger partial charge is 0.237 e. The van der Waals surface area contributed by atoms with Gasteiger partial charge in [-0.25, -0.2) is 0 Å². The van der Waals surface area contributed by atoms with Crippen molar-refractivity contribution < 1.29 is 4.79 Å². The van der Waals surface area contributed by atoms with E-state index in [1.54, 1.807) is 0 Å². The second kappa shape index (κ2) is 5.47. The third kappa shape index (κ3) is 3.47. The van der Waals surface area contributed by atoms with Crippen molar-refractivity contribution in [3.8, 4) is 0 Å². The van der Waals surface area contributed by atoms with Crippen LogP contribution in [0.5, 0.6) is 0 Å². The first-order valence-electron chi connectivity index (χ1n) is 5.79. The van der Waals surface area contributed by atoms with E-state index in [0.717, 1.165) is 19.5 Å². The van der Waals surface area contributed by atoms with Gasteiger partial charge in [0.1, 0.15) is 0 Å². The molecule has 1 fully saturated rings. The van der Waals surface area contributed by atoms with Crippen LogP contribution in [-0.4, -0.2) is 31.1 Å². The van der Waals surface area contributed by atoms with E-state index in [1.165, 1.54) is 0 Å². The second-order valence-electron chi connectivity index (χ2n) is 4.85. The first-order valence-corrected chi connectivity index (χ1v) is 5.79. The van der Waals surface area contributed by atoms with E-state index in [9.17, 15) is 4.79 Å². The molecule has 0 aromatic rings. The normalized spacial score (nSPS) is 28.9. The van der Waals surface area contributed by atoms with Gasteiger partial charge in [0.15, 0.2) is 0 Å². The van der Waals surface area contributed by atoms with E-state index in [0.29, 0.717) is 5.92 Å². The summed E-state index contributed by atoms with van der Waals surface area (Å²) < 4.78 is 0. The maximum atomic E-state index is 11.7. The summed E-state index contributed by atoms with van der Waals surface area (Å²) in [4.78, 5) is 11.7. The van der Waals surface area contributed by atoms with E-state index in [1.807, 2.05) is 13.8 Å². The van der Waals surface area contributed by atoms with E-state index >= 15 is 0 Å². The Labute approximate surface area is 92.0 Å². The fourth-order valence-corrected chi connectivity index (χ4v) is 1.76. The quantitative estimate of drug-likeness (QED) is 0.622. The Morgan fingerprint density at radius 1 is 1.53 bits per heavy atom. The van der Waals surface area contributed by atoms with Gasteiger partial charge in [-0.1, -0.05) is 20.8 Å². The molecule has 1 aliphatic rings. The molecular weight excluding hydrogens is 190 g/mol. The van der Waals surface area contributed by atoms with E-state index in [-0.39, 0.29) is 23.9 Å². The largest absolute Gasteiger partial charge is 0.350 e. The molecule has 0 aliphatic carbocycles. The number of nitrogens with one attached hydrogen (secondary N) is 2. The van der Waals surface area contributed by atoms with Gasteiger partial charge in [0.25, 0.3) is 0 Å². The monoisotopic (exact) mass is 213 g/mol. The van der Waals surface area contributed by atoms with Crippen LogP contribution in [0, 0.1) is 11.8 Å². The summed E-state index contributed by atoms with van der Waals surface area (Å²) in [6.07, 6.45) is 1.11. The Morgan fingerprint density at radius 3 is 2.73 bits per heavy atom. The maximum Gasteiger partial charge on any atom is 0.237 e. The van der Waals surface area contributed by atoms with Gasteiger partial charge in [0.2, 0.25) is 5.91 Å². The Kier molecular flexibility index (Phi) is 4.54. The van der Waals surface area contributed by atoms with Crippen molar-refractivity contribution in [2.75, 3.05) is 13.1 Å². The lowest BCUT2D eigenvalue weighted by molar-refractivity contribution is -0.124. The highest BCUT2D eigenvalue weighted by molar-refractivity contribution is 5.82. The zero-order chi connectivity index (χ0) is 11.4. The number of hydrogen-bond donors (Lipinski definition) is 3. The summed E-state index contributed by atoms with van der Waals surface area (Å²) in [6, 6.07) is -0.157. The molecule has 0 radical (unpaired) electrons. The van der Waals surface area contributed by atoms with Crippen LogP contribution in [0.4, 0.5) is 0 Å². The molecule has 1 amide bonds. The summed E-state index contributed by atoms with van der Waals surface area (Å²) in [5.41, 5.74) is 5.79. The third-order valence-corrected chi connectivity index (χ3v) is 3.18. The van der Waals surface area contributed by atoms with Crippen molar-refractivity contribution in [3.63, 3.8) is 0 Å². The lowest BCUT2D eigenvalue weighted by Gasteiger charge is -2.31. The minimum Gasteiger partial charge on any atom is -0.350 e. The number of carbonyl (C=O) groups is 1. The molecule has 0 spiro atoms. The third-order valence-electron chi connectivity index (χ3n) is 3.18. The van der Waals surface area contributed by atoms with Crippen LogP contribution in [0.15, 0.2) is 0 Å². The van der Waals surface area contributed by atoms with Crippen molar-refractivity contribution >= 4 is 5.91 Å². The summed E-state index contributed by atoms with van der Waals surface area (Å²) in [5, 5.41) is 6.31. The molecule has 3 atom stereocenters. The zero-order valence-corrected chi connectivity index (χ0v) is 9.92. The van der Waals surface area contributed by atoms with Crippen LogP contribution in [0.3, 0.4) is 0 Å². The Hall–Kier alpha value is -0.610. The molecule has 0 aromatic carbocycles. The van der Waals surface area contributed by atoms with E-state index in [4.69, 9.17) is 5.73 Å². The van der Waals surface area contributed by atoms with Crippen LogP contribution in [0.25, 0.3) is 0 Å². The number of carbonyl (C=O) groups excluding carboxylic acids is 1. The number of hydrogen-bond acceptors (Lipinski definition) is 3. The van der Waals surface area contributed by atoms with Crippen molar-refractivity contribution in [3.05, 3.63) is 0 Å². The lowest BCUT2D eigenvalue weighted by atomic mass is 9.94. The molecule has 1 saturated heterocycles. The van der Waals surface area contributed by atoms with Crippen molar-refractivity contribution in [1.29, 1.82) is 0 Å². The topological polar surface area (TPSA) is 67.2 Å². The van der Waals surface area contributed by atoms with Crippen LogP contribution < -0.4 is 16.4 Å². The molecule has 1 heterocycles. The fourth-order valence-electron chi connectivity index (χ4n) is 1.76. The Bertz CT molecular complexity index is 218. The zero-order valence-electron chi connectivity index (χ0n) is 9.92. The average molecular weight is 213 g/mol. The second-order valence-corrected chi connectivity index (χ2v) is 4.85. The summed E-state index contributed by atoms with van der Waals surface area (Å²) >= 11 is 0. The minimum absolute atomic E-state index is 0.0226. The van der Waals surface area contributed by atoms with Crippen molar-refractivity contribution in [2.45, 2.75) is 39.3 Å². The molecular formula is C11H23N3O. The number of amides is 1. The number of piperidine rings is 1. The van der Waals surface area contributed by atoms with Gasteiger partial charge >= 0.3 is 0 Å². The fraction of sp³-hybridized carbons (Fsp3) is 0.909. The van der Waals surface area contributed by atoms with Gasteiger partial charge in [-0.3, -0.25) is 4.79 Å². The van der Waals surface area contributed by atoms with Crippen molar-refractivity contribution in [2.24, 2.45) is 17.6 Å². The standard InChI is InChI=1S/C11H23N3O/c1-7(2)10(12)11(15)14-9-6-13-5-4-8(9)3/h7-10,13H,4-6,12H2,1-3H3,(H,14,15). The molecule has 0 bridgehead atoms. The van der Waals surface area contributed by atoms with Gasteiger partial charge < -0.3 is 16.4 Å². The molecule has 15 heavy (non-hydrogen) atoms. The Balaban J connectivity index is 2.42. The van der Waals surface area contributed by atoms with Crippen LogP contribution in [0.2, 0.25) is 0 Å². The summed E-state index contributed by atoms with van der Waals surface area (Å²) in [6.45, 7) is 8.01. The highest BCUT2D eigenvalue weighted by Crippen LogP contribution is 2.11. The van der Waals surface area contributed by atoms with Gasteiger partial charge in [0, 0.05) is 12.6 Å². The molecule has 0 aromatic heterocycles. The Morgan fingerprint density at radius 2 is 2.20 bits per heavy atom. The predicted octanol–water partition coefficient (Wildman–Crippen LogP) is 0.0839. The lowest BCUT2D eigenvalue weighted by Crippen LogP contribution is -2.55. The SMILES string of the molecule is CC(C)C(N)C(=O)NC1CNCCC1C. The van der Waals surface area contributed by atoms with E-state index < -0.39 is 0 Å². The molecule has 0 saturated carbocycles. The highest BCUT2D eigenvalue weighted by atomic mass is 16.2. The number of rotatable bonds is 3. The molecule has 4 N–H and O–H groups in total. The van der Waals surface area contributed by atoms with Crippen LogP contribution >= 0.6 is 0 Å². The average Bonchev–Trinajstić information content (AvgIpc) is 2.20. The summed E-state index contributed by atoms with van der Waals surface area (Å²) in [7, 11) is 0.